The molecule has 0 bridgehead atoms. The largest absolute Gasteiger partial charge is 0.355 e. The topological polar surface area (TPSA) is 58.4 Å². The highest BCUT2D eigenvalue weighted by Crippen LogP contribution is 2.28. The molecule has 0 atom stereocenters. The second kappa shape index (κ2) is 6.36. The number of piperidine rings is 1. The average Bonchev–Trinajstić information content (AvgIpc) is 2.25. The molecule has 1 aliphatic heterocycles. The first kappa shape index (κ1) is 12.8. The van der Waals surface area contributed by atoms with Crippen LogP contribution in [0.2, 0.25) is 0 Å². The fraction of sp³-hybridized carbons (Fsp3) is 0.923. The van der Waals surface area contributed by atoms with Gasteiger partial charge in [-0.05, 0) is 25.2 Å². The lowest BCUT2D eigenvalue weighted by atomic mass is 9.83. The molecule has 0 spiro atoms. The first-order valence-electron chi connectivity index (χ1n) is 6.98. The number of nitrogens with two attached hydrogens (primary N) is 1. The fourth-order valence-corrected chi connectivity index (χ4v) is 2.57. The van der Waals surface area contributed by atoms with Crippen LogP contribution in [0.5, 0.6) is 0 Å². The van der Waals surface area contributed by atoms with Crippen molar-refractivity contribution in [2.45, 2.75) is 44.6 Å². The van der Waals surface area contributed by atoms with Crippen molar-refractivity contribution in [3.05, 3.63) is 0 Å². The number of hydrogen-bond donors (Lipinski definition) is 2. The molecule has 0 radical (unpaired) electrons. The number of amides is 1. The van der Waals surface area contributed by atoms with E-state index < -0.39 is 0 Å². The van der Waals surface area contributed by atoms with Gasteiger partial charge in [0.25, 0.3) is 0 Å². The third kappa shape index (κ3) is 4.28. The van der Waals surface area contributed by atoms with Crippen LogP contribution in [0.4, 0.5) is 0 Å². The van der Waals surface area contributed by atoms with Gasteiger partial charge in [0.2, 0.25) is 5.91 Å². The van der Waals surface area contributed by atoms with Crippen molar-refractivity contribution in [2.75, 3.05) is 26.2 Å². The molecular formula is C13H25N3O. The number of carbonyl (C=O) groups excluding carboxylic acids is 1. The van der Waals surface area contributed by atoms with Crippen LogP contribution in [0.15, 0.2) is 0 Å². The quantitative estimate of drug-likeness (QED) is 0.743. The van der Waals surface area contributed by atoms with Crippen LogP contribution in [-0.2, 0) is 4.79 Å². The molecule has 1 amide bonds. The highest BCUT2D eigenvalue weighted by atomic mass is 16.2. The molecule has 1 saturated heterocycles. The summed E-state index contributed by atoms with van der Waals surface area (Å²) in [5, 5.41) is 3.03. The molecule has 0 aromatic heterocycles. The molecular weight excluding hydrogens is 214 g/mol. The molecule has 3 N–H and O–H groups in total. The van der Waals surface area contributed by atoms with E-state index in [9.17, 15) is 4.79 Å². The van der Waals surface area contributed by atoms with Crippen molar-refractivity contribution in [1.82, 2.24) is 10.2 Å². The Morgan fingerprint density at radius 2 is 1.94 bits per heavy atom. The van der Waals surface area contributed by atoms with Crippen LogP contribution in [0, 0.1) is 5.92 Å². The second-order valence-electron chi connectivity index (χ2n) is 5.55. The molecule has 2 fully saturated rings. The summed E-state index contributed by atoms with van der Waals surface area (Å²) >= 11 is 0. The summed E-state index contributed by atoms with van der Waals surface area (Å²) in [4.78, 5) is 13.9. The monoisotopic (exact) mass is 239 g/mol. The Labute approximate surface area is 104 Å². The number of likely N-dealkylation sites (tertiary alicyclic amines) is 1. The van der Waals surface area contributed by atoms with Crippen LogP contribution in [0.3, 0.4) is 0 Å². The van der Waals surface area contributed by atoms with Gasteiger partial charge in [-0.3, -0.25) is 9.69 Å². The van der Waals surface area contributed by atoms with Crippen LogP contribution >= 0.6 is 0 Å². The van der Waals surface area contributed by atoms with E-state index in [2.05, 4.69) is 10.2 Å². The Bertz CT molecular complexity index is 245. The average molecular weight is 239 g/mol. The van der Waals surface area contributed by atoms with E-state index in [1.165, 1.54) is 19.3 Å². The van der Waals surface area contributed by atoms with Crippen molar-refractivity contribution in [3.8, 4) is 0 Å². The summed E-state index contributed by atoms with van der Waals surface area (Å²) < 4.78 is 0. The van der Waals surface area contributed by atoms with Gasteiger partial charge in [0, 0.05) is 25.7 Å². The standard InChI is InChI=1S/C13H25N3O/c14-12-5-8-16(9-6-12)10-13(17)15-7-4-11-2-1-3-11/h11-12H,1-10,14H2,(H,15,17). The lowest BCUT2D eigenvalue weighted by Gasteiger charge is -2.29. The lowest BCUT2D eigenvalue weighted by Crippen LogP contribution is -2.44. The van der Waals surface area contributed by atoms with Gasteiger partial charge in [-0.1, -0.05) is 19.3 Å². The van der Waals surface area contributed by atoms with Gasteiger partial charge < -0.3 is 11.1 Å². The number of carbonyl (C=O) groups is 1. The van der Waals surface area contributed by atoms with Crippen LogP contribution in [-0.4, -0.2) is 43.0 Å². The molecule has 1 aliphatic carbocycles. The Morgan fingerprint density at radius 1 is 1.24 bits per heavy atom. The first-order valence-corrected chi connectivity index (χ1v) is 6.98. The Morgan fingerprint density at radius 3 is 2.53 bits per heavy atom. The van der Waals surface area contributed by atoms with Crippen LogP contribution < -0.4 is 11.1 Å². The van der Waals surface area contributed by atoms with Gasteiger partial charge in [-0.2, -0.15) is 0 Å². The third-order valence-electron chi connectivity index (χ3n) is 4.10. The molecule has 0 aromatic rings. The van der Waals surface area contributed by atoms with Crippen molar-refractivity contribution >= 4 is 5.91 Å². The maximum absolute atomic E-state index is 11.7. The lowest BCUT2D eigenvalue weighted by molar-refractivity contribution is -0.122. The van der Waals surface area contributed by atoms with Gasteiger partial charge >= 0.3 is 0 Å². The van der Waals surface area contributed by atoms with Crippen LogP contribution in [0.1, 0.15) is 38.5 Å². The molecule has 1 saturated carbocycles. The zero-order valence-electron chi connectivity index (χ0n) is 10.7. The zero-order valence-corrected chi connectivity index (χ0v) is 10.7. The highest BCUT2D eigenvalue weighted by molar-refractivity contribution is 5.77. The molecule has 4 heteroatoms. The minimum absolute atomic E-state index is 0.180. The van der Waals surface area contributed by atoms with Gasteiger partial charge in [-0.25, -0.2) is 0 Å². The van der Waals surface area contributed by atoms with E-state index in [0.717, 1.165) is 44.8 Å². The Hall–Kier alpha value is -0.610. The molecule has 2 rings (SSSR count). The number of rotatable bonds is 5. The minimum atomic E-state index is 0.180. The second-order valence-corrected chi connectivity index (χ2v) is 5.55. The van der Waals surface area contributed by atoms with E-state index in [-0.39, 0.29) is 5.91 Å². The normalized spacial score (nSPS) is 23.4. The molecule has 0 unspecified atom stereocenters. The molecule has 17 heavy (non-hydrogen) atoms. The summed E-state index contributed by atoms with van der Waals surface area (Å²) in [6.07, 6.45) is 7.31. The minimum Gasteiger partial charge on any atom is -0.355 e. The summed E-state index contributed by atoms with van der Waals surface area (Å²) in [6, 6.07) is 0.341. The molecule has 1 heterocycles. The first-order chi connectivity index (χ1) is 8.24. The number of hydrogen-bond acceptors (Lipinski definition) is 3. The predicted octanol–water partition coefficient (Wildman–Crippen LogP) is 0.716. The molecule has 0 aromatic carbocycles. The Balaban J connectivity index is 1.53. The van der Waals surface area contributed by atoms with Gasteiger partial charge in [0.05, 0.1) is 6.54 Å². The van der Waals surface area contributed by atoms with Crippen LogP contribution in [0.25, 0.3) is 0 Å². The van der Waals surface area contributed by atoms with Gasteiger partial charge in [0.1, 0.15) is 0 Å². The van der Waals surface area contributed by atoms with Crippen molar-refractivity contribution < 1.29 is 4.79 Å². The van der Waals surface area contributed by atoms with Crippen molar-refractivity contribution in [2.24, 2.45) is 11.7 Å². The zero-order chi connectivity index (χ0) is 12.1. The SMILES string of the molecule is NC1CCN(CC(=O)NCCC2CCC2)CC1. The van der Waals surface area contributed by atoms with E-state index in [1.807, 2.05) is 0 Å². The summed E-state index contributed by atoms with van der Waals surface area (Å²) in [7, 11) is 0. The number of nitrogens with zero attached hydrogens (tertiary/aromatic N) is 1. The number of nitrogens with one attached hydrogen (secondary N) is 1. The maximum atomic E-state index is 11.7. The third-order valence-corrected chi connectivity index (χ3v) is 4.10. The van der Waals surface area contributed by atoms with E-state index in [4.69, 9.17) is 5.73 Å². The van der Waals surface area contributed by atoms with E-state index in [0.29, 0.717) is 12.6 Å². The fourth-order valence-electron chi connectivity index (χ4n) is 2.57. The van der Waals surface area contributed by atoms with Crippen molar-refractivity contribution in [3.63, 3.8) is 0 Å². The Kier molecular flexibility index (Phi) is 4.80. The van der Waals surface area contributed by atoms with Gasteiger partial charge in [-0.15, -0.1) is 0 Å². The smallest absolute Gasteiger partial charge is 0.234 e. The molecule has 2 aliphatic rings. The van der Waals surface area contributed by atoms with E-state index in [1.54, 1.807) is 0 Å². The summed E-state index contributed by atoms with van der Waals surface area (Å²) in [5.74, 6) is 1.06. The highest BCUT2D eigenvalue weighted by Gasteiger charge is 2.19. The van der Waals surface area contributed by atoms with Gasteiger partial charge in [0.15, 0.2) is 0 Å². The maximum Gasteiger partial charge on any atom is 0.234 e. The van der Waals surface area contributed by atoms with E-state index >= 15 is 0 Å². The summed E-state index contributed by atoms with van der Waals surface area (Å²) in [6.45, 7) is 3.35. The van der Waals surface area contributed by atoms with Crippen molar-refractivity contribution in [1.29, 1.82) is 0 Å². The molecule has 98 valence electrons. The summed E-state index contributed by atoms with van der Waals surface area (Å²) in [5.41, 5.74) is 5.84. The predicted molar refractivity (Wildman–Crippen MR) is 68.6 cm³/mol. The molecule has 4 nitrogen and oxygen atoms in total.